The van der Waals surface area contributed by atoms with Gasteiger partial charge in [0.05, 0.1) is 0 Å². The molecule has 0 heterocycles. The van der Waals surface area contributed by atoms with Gasteiger partial charge in [-0.25, -0.2) is 0 Å². The third-order valence-corrected chi connectivity index (χ3v) is 13.5. The maximum atomic E-state index is 2.56. The first kappa shape index (κ1) is 18.1. The molecule has 0 aliphatic heterocycles. The van der Waals surface area contributed by atoms with E-state index in [0.717, 1.165) is 0 Å². The van der Waals surface area contributed by atoms with Crippen molar-refractivity contribution in [2.75, 3.05) is 0 Å². The molecule has 2 aliphatic rings. The van der Waals surface area contributed by atoms with Gasteiger partial charge in [-0.3, -0.25) is 0 Å². The number of fused-ring (bicyclic) bond motifs is 1. The van der Waals surface area contributed by atoms with E-state index in [0.29, 0.717) is 14.5 Å². The number of allylic oxidation sites excluding steroid dienone is 5. The predicted octanol–water partition coefficient (Wildman–Crippen LogP) is 7.12. The number of hydrogen-bond acceptors (Lipinski definition) is 0. The van der Waals surface area contributed by atoms with Crippen molar-refractivity contribution in [3.63, 3.8) is 0 Å². The topological polar surface area (TPSA) is 0 Å². The van der Waals surface area contributed by atoms with Crippen LogP contribution in [0.25, 0.3) is 6.08 Å². The summed E-state index contributed by atoms with van der Waals surface area (Å²) in [7, 11) is 0. The van der Waals surface area contributed by atoms with Crippen LogP contribution in [-0.2, 0) is 22.9 Å². The summed E-state index contributed by atoms with van der Waals surface area (Å²) < 4.78 is 2.17. The van der Waals surface area contributed by atoms with Crippen LogP contribution in [0.5, 0.6) is 0 Å². The van der Waals surface area contributed by atoms with E-state index < -0.39 is 22.9 Å². The maximum absolute atomic E-state index is 2.56. The van der Waals surface area contributed by atoms with Gasteiger partial charge in [-0.1, -0.05) is 0 Å². The standard InChI is InChI=1S/C13H15.C10H15.Hf/c1-13(2,3)12-9-8-10-6-4-5-7-11(10)12;1-6-7(2)9(4)10(5)8(6)3;/h4-8,12H,1-3H3;1-5H3;. The van der Waals surface area contributed by atoms with Gasteiger partial charge in [-0.15, -0.1) is 0 Å². The molecule has 0 saturated heterocycles. The molecule has 3 rings (SSSR count). The zero-order valence-electron chi connectivity index (χ0n) is 16.5. The van der Waals surface area contributed by atoms with Gasteiger partial charge in [0.1, 0.15) is 0 Å². The van der Waals surface area contributed by atoms with Crippen molar-refractivity contribution in [3.05, 3.63) is 61.0 Å². The molecule has 1 atom stereocenters. The molecular formula is C23H30Hf. The van der Waals surface area contributed by atoms with E-state index in [2.05, 4.69) is 85.7 Å². The van der Waals surface area contributed by atoms with Crippen molar-refractivity contribution in [1.82, 2.24) is 0 Å². The van der Waals surface area contributed by atoms with E-state index in [9.17, 15) is 0 Å². The summed E-state index contributed by atoms with van der Waals surface area (Å²) in [6, 6.07) is 9.07. The van der Waals surface area contributed by atoms with Gasteiger partial charge in [0.25, 0.3) is 0 Å². The quantitative estimate of drug-likeness (QED) is 0.392. The van der Waals surface area contributed by atoms with Crippen molar-refractivity contribution in [2.45, 2.75) is 64.5 Å². The first-order valence-corrected chi connectivity index (χ1v) is 12.6. The molecule has 1 aromatic rings. The van der Waals surface area contributed by atoms with Crippen LogP contribution in [-0.4, -0.2) is 0 Å². The molecule has 0 bridgehead atoms. The fraction of sp³-hybridized carbons (Fsp3) is 0.478. The summed E-state index contributed by atoms with van der Waals surface area (Å²) >= 11 is -1.07. The fourth-order valence-corrected chi connectivity index (χ4v) is 12.7. The average Bonchev–Trinajstić information content (AvgIpc) is 2.94. The Kier molecular flexibility index (Phi) is 4.48. The summed E-state index contributed by atoms with van der Waals surface area (Å²) in [6.07, 6.45) is 2.56. The molecule has 1 unspecified atom stereocenters. The molecule has 0 N–H and O–H groups in total. The van der Waals surface area contributed by atoms with Gasteiger partial charge in [0, 0.05) is 0 Å². The average molecular weight is 485 g/mol. The third-order valence-electron chi connectivity index (χ3n) is 6.38. The van der Waals surface area contributed by atoms with E-state index in [1.165, 1.54) is 5.56 Å². The number of hydrogen-bond donors (Lipinski definition) is 0. The molecule has 0 amide bonds. The van der Waals surface area contributed by atoms with Crippen LogP contribution in [0, 0.1) is 5.41 Å². The van der Waals surface area contributed by atoms with Crippen molar-refractivity contribution in [2.24, 2.45) is 5.41 Å². The predicted molar refractivity (Wildman–Crippen MR) is 102 cm³/mol. The van der Waals surface area contributed by atoms with Gasteiger partial charge in [0.15, 0.2) is 0 Å². The Morgan fingerprint density at radius 3 is 2.00 bits per heavy atom. The molecule has 2 aliphatic carbocycles. The van der Waals surface area contributed by atoms with Crippen LogP contribution in [0.15, 0.2) is 49.9 Å². The van der Waals surface area contributed by atoms with Crippen molar-refractivity contribution < 1.29 is 22.9 Å². The van der Waals surface area contributed by atoms with Crippen molar-refractivity contribution in [1.29, 1.82) is 0 Å². The first-order chi connectivity index (χ1) is 11.1. The van der Waals surface area contributed by atoms with E-state index in [4.69, 9.17) is 0 Å². The molecule has 1 aromatic carbocycles. The summed E-state index contributed by atoms with van der Waals surface area (Å²) in [6.45, 7) is 19.2. The minimum absolute atomic E-state index is 0.291. The zero-order chi connectivity index (χ0) is 17.9. The normalized spacial score (nSPS) is 22.8. The Bertz CT molecular complexity index is 756. The Balaban J connectivity index is 2.05. The minimum atomic E-state index is -1.07. The van der Waals surface area contributed by atoms with Crippen LogP contribution >= 0.6 is 0 Å². The summed E-state index contributed by atoms with van der Waals surface area (Å²) in [5.74, 6) is 0.607. The Morgan fingerprint density at radius 2 is 1.46 bits per heavy atom. The summed E-state index contributed by atoms with van der Waals surface area (Å²) in [5.41, 5.74) is 9.70. The first-order valence-electron chi connectivity index (χ1n) is 9.02. The summed E-state index contributed by atoms with van der Waals surface area (Å²) in [4.78, 5) is 0. The van der Waals surface area contributed by atoms with Crippen molar-refractivity contribution in [3.8, 4) is 0 Å². The zero-order valence-corrected chi connectivity index (χ0v) is 20.1. The Labute approximate surface area is 159 Å². The van der Waals surface area contributed by atoms with Crippen molar-refractivity contribution >= 4 is 6.08 Å². The molecule has 0 saturated carbocycles. The molecule has 1 heteroatoms. The fourth-order valence-electron chi connectivity index (χ4n) is 4.43. The van der Waals surface area contributed by atoms with Crippen LogP contribution in [0.1, 0.15) is 72.4 Å². The molecular weight excluding hydrogens is 455 g/mol. The van der Waals surface area contributed by atoms with Crippen LogP contribution in [0.2, 0.25) is 3.17 Å². The van der Waals surface area contributed by atoms with Gasteiger partial charge >= 0.3 is 160 Å². The van der Waals surface area contributed by atoms with Gasteiger partial charge in [-0.2, -0.15) is 0 Å². The molecule has 0 spiro atoms. The van der Waals surface area contributed by atoms with Crippen LogP contribution < -0.4 is 0 Å². The molecule has 126 valence electrons. The molecule has 0 nitrogen and oxygen atoms in total. The van der Waals surface area contributed by atoms with E-state index in [1.54, 1.807) is 31.2 Å². The Morgan fingerprint density at radius 1 is 0.917 bits per heavy atom. The Hall–Kier alpha value is -0.690. The summed E-state index contributed by atoms with van der Waals surface area (Å²) in [5, 5.41) is 0. The molecule has 24 heavy (non-hydrogen) atoms. The van der Waals surface area contributed by atoms with E-state index >= 15 is 0 Å². The van der Waals surface area contributed by atoms with Gasteiger partial charge in [0.2, 0.25) is 0 Å². The second-order valence-electron chi connectivity index (χ2n) is 8.78. The SMILES string of the molecule is CC1=C(C)[C](C)([Hf][C]2=Cc3ccccc3C2C(C)(C)C)C(C)=C1C. The second kappa shape index (κ2) is 5.94. The van der Waals surface area contributed by atoms with E-state index in [-0.39, 0.29) is 0 Å². The molecule has 0 radical (unpaired) electrons. The van der Waals surface area contributed by atoms with Crippen LogP contribution in [0.4, 0.5) is 0 Å². The van der Waals surface area contributed by atoms with Gasteiger partial charge in [-0.05, 0) is 0 Å². The number of rotatable bonds is 2. The van der Waals surface area contributed by atoms with Gasteiger partial charge < -0.3 is 0 Å². The second-order valence-corrected chi connectivity index (χ2v) is 15.3. The van der Waals surface area contributed by atoms with Crippen LogP contribution in [0.3, 0.4) is 0 Å². The monoisotopic (exact) mass is 486 g/mol. The molecule has 0 aromatic heterocycles. The van der Waals surface area contributed by atoms with E-state index in [1.807, 2.05) is 0 Å². The third kappa shape index (κ3) is 2.68. The molecule has 0 fully saturated rings. The number of benzene rings is 1.